The molecule has 1 aromatic carbocycles. The normalized spacial score (nSPS) is 10.2. The fraction of sp³-hybridized carbons (Fsp3) is 0. The van der Waals surface area contributed by atoms with E-state index in [0.717, 1.165) is 8.95 Å². The lowest BCUT2D eigenvalue weighted by molar-refractivity contribution is 0.108. The van der Waals surface area contributed by atoms with Crippen molar-refractivity contribution >= 4 is 80.6 Å². The van der Waals surface area contributed by atoms with Gasteiger partial charge in [-0.3, -0.25) is 4.79 Å². The van der Waals surface area contributed by atoms with Crippen molar-refractivity contribution in [3.8, 4) is 0 Å². The zero-order chi connectivity index (χ0) is 10.2. The van der Waals surface area contributed by atoms with Gasteiger partial charge in [-0.05, 0) is 81.4 Å². The van der Waals surface area contributed by atoms with Crippen molar-refractivity contribution in [2.75, 3.05) is 0 Å². The van der Waals surface area contributed by atoms with Crippen LogP contribution >= 0.6 is 75.3 Å². The van der Waals surface area contributed by atoms with Crippen LogP contribution in [0.1, 0.15) is 10.4 Å². The molecule has 0 N–H and O–H groups in total. The molecule has 0 saturated heterocycles. The van der Waals surface area contributed by atoms with E-state index in [0.29, 0.717) is 14.5 Å². The third-order valence-electron chi connectivity index (χ3n) is 1.31. The lowest BCUT2D eigenvalue weighted by Gasteiger charge is -2.06. The van der Waals surface area contributed by atoms with Crippen LogP contribution in [0.2, 0.25) is 0 Å². The van der Waals surface area contributed by atoms with E-state index in [4.69, 9.17) is 11.6 Å². The summed E-state index contributed by atoms with van der Waals surface area (Å²) >= 11 is 18.5. The Labute approximate surface area is 114 Å². The van der Waals surface area contributed by atoms with Crippen molar-refractivity contribution in [2.45, 2.75) is 0 Å². The number of hydrogen-bond acceptors (Lipinski definition) is 1. The van der Waals surface area contributed by atoms with Crippen LogP contribution in [-0.2, 0) is 0 Å². The van der Waals surface area contributed by atoms with Crippen molar-refractivity contribution in [1.82, 2.24) is 0 Å². The SMILES string of the molecule is O=C(Cl)c1c(Br)c(Br)cc(Br)c1Br. The summed E-state index contributed by atoms with van der Waals surface area (Å²) in [4.78, 5) is 11.1. The van der Waals surface area contributed by atoms with Gasteiger partial charge in [0.25, 0.3) is 5.24 Å². The van der Waals surface area contributed by atoms with Crippen LogP contribution in [0.15, 0.2) is 24.0 Å². The third-order valence-corrected chi connectivity index (χ3v) is 5.46. The van der Waals surface area contributed by atoms with Crippen molar-refractivity contribution in [2.24, 2.45) is 0 Å². The van der Waals surface area contributed by atoms with Gasteiger partial charge in [-0.15, -0.1) is 0 Å². The van der Waals surface area contributed by atoms with Crippen LogP contribution in [0.3, 0.4) is 0 Å². The highest BCUT2D eigenvalue weighted by molar-refractivity contribution is 9.14. The van der Waals surface area contributed by atoms with Gasteiger partial charge in [0.05, 0.1) is 5.56 Å². The molecule has 0 saturated carbocycles. The summed E-state index contributed by atoms with van der Waals surface area (Å²) in [6.45, 7) is 0. The molecule has 0 aliphatic rings. The molecule has 0 radical (unpaired) electrons. The summed E-state index contributed by atoms with van der Waals surface area (Å²) in [5.74, 6) is 0. The summed E-state index contributed by atoms with van der Waals surface area (Å²) in [5, 5.41) is -0.513. The van der Waals surface area contributed by atoms with Gasteiger partial charge in [-0.1, -0.05) is 0 Å². The van der Waals surface area contributed by atoms with Gasteiger partial charge in [0, 0.05) is 17.9 Å². The third kappa shape index (κ3) is 2.56. The molecule has 0 aromatic heterocycles. The number of carbonyl (C=O) groups excluding carboxylic acids is 1. The number of benzene rings is 1. The maximum Gasteiger partial charge on any atom is 0.254 e. The highest BCUT2D eigenvalue weighted by Crippen LogP contribution is 2.38. The Morgan fingerprint density at radius 2 is 1.46 bits per heavy atom. The summed E-state index contributed by atoms with van der Waals surface area (Å²) in [6, 6.07) is 1.82. The first kappa shape index (κ1) is 12.2. The van der Waals surface area contributed by atoms with Crippen LogP contribution in [0.25, 0.3) is 0 Å². The Hall–Kier alpha value is 1.10. The predicted octanol–water partition coefficient (Wildman–Crippen LogP) is 5.12. The molecular weight excluding hydrogens is 455 g/mol. The lowest BCUT2D eigenvalue weighted by atomic mass is 10.2. The molecule has 0 spiro atoms. The molecular formula is C7HBr4ClO. The minimum Gasteiger partial charge on any atom is -0.276 e. The molecule has 0 unspecified atom stereocenters. The Bertz CT molecular complexity index is 351. The quantitative estimate of drug-likeness (QED) is 0.424. The second-order valence-corrected chi connectivity index (χ2v) is 5.75. The predicted molar refractivity (Wildman–Crippen MR) is 67.4 cm³/mol. The molecule has 0 aliphatic heterocycles. The van der Waals surface area contributed by atoms with Gasteiger partial charge in [0.15, 0.2) is 0 Å². The minimum atomic E-state index is -0.513. The summed E-state index contributed by atoms with van der Waals surface area (Å²) in [6.07, 6.45) is 0. The maximum absolute atomic E-state index is 11.1. The van der Waals surface area contributed by atoms with Crippen molar-refractivity contribution in [1.29, 1.82) is 0 Å². The average molecular weight is 456 g/mol. The van der Waals surface area contributed by atoms with Gasteiger partial charge in [-0.2, -0.15) is 0 Å². The molecule has 0 amide bonds. The first-order valence-corrected chi connectivity index (χ1v) is 6.53. The zero-order valence-electron chi connectivity index (χ0n) is 5.88. The molecule has 70 valence electrons. The molecule has 0 fully saturated rings. The van der Waals surface area contributed by atoms with E-state index < -0.39 is 5.24 Å². The van der Waals surface area contributed by atoms with E-state index in [1.807, 2.05) is 6.07 Å². The van der Waals surface area contributed by atoms with Crippen LogP contribution in [-0.4, -0.2) is 5.24 Å². The Kier molecular flexibility index (Phi) is 4.44. The molecule has 1 nitrogen and oxygen atoms in total. The van der Waals surface area contributed by atoms with Gasteiger partial charge in [-0.25, -0.2) is 0 Å². The van der Waals surface area contributed by atoms with Gasteiger partial charge >= 0.3 is 0 Å². The van der Waals surface area contributed by atoms with Crippen LogP contribution < -0.4 is 0 Å². The fourth-order valence-corrected chi connectivity index (χ4v) is 3.58. The topological polar surface area (TPSA) is 17.1 Å². The monoisotopic (exact) mass is 452 g/mol. The molecule has 6 heteroatoms. The highest BCUT2D eigenvalue weighted by Gasteiger charge is 2.17. The first-order valence-electron chi connectivity index (χ1n) is 2.98. The molecule has 0 atom stereocenters. The average Bonchev–Trinajstić information content (AvgIpc) is 2.01. The molecule has 13 heavy (non-hydrogen) atoms. The van der Waals surface area contributed by atoms with E-state index in [2.05, 4.69) is 63.7 Å². The van der Waals surface area contributed by atoms with E-state index in [1.54, 1.807) is 0 Å². The Balaban J connectivity index is 3.56. The minimum absolute atomic E-state index is 0.405. The van der Waals surface area contributed by atoms with Gasteiger partial charge in [0.2, 0.25) is 0 Å². The van der Waals surface area contributed by atoms with Crippen LogP contribution in [0, 0.1) is 0 Å². The second kappa shape index (κ2) is 4.75. The van der Waals surface area contributed by atoms with Crippen LogP contribution in [0.4, 0.5) is 0 Å². The number of rotatable bonds is 1. The summed E-state index contributed by atoms with van der Waals surface area (Å²) in [5.41, 5.74) is 0.405. The Morgan fingerprint density at radius 1 is 1.08 bits per heavy atom. The van der Waals surface area contributed by atoms with Crippen molar-refractivity contribution in [3.63, 3.8) is 0 Å². The molecule has 0 aliphatic carbocycles. The largest absolute Gasteiger partial charge is 0.276 e. The van der Waals surface area contributed by atoms with E-state index in [9.17, 15) is 4.79 Å². The molecule has 1 rings (SSSR count). The van der Waals surface area contributed by atoms with E-state index >= 15 is 0 Å². The molecule has 0 bridgehead atoms. The zero-order valence-corrected chi connectivity index (χ0v) is 13.0. The number of hydrogen-bond donors (Lipinski definition) is 0. The maximum atomic E-state index is 11.1. The second-order valence-electron chi connectivity index (χ2n) is 2.12. The number of halogens is 5. The highest BCUT2D eigenvalue weighted by atomic mass is 79.9. The number of carbonyl (C=O) groups is 1. The Morgan fingerprint density at radius 3 is 1.77 bits per heavy atom. The smallest absolute Gasteiger partial charge is 0.254 e. The van der Waals surface area contributed by atoms with Crippen molar-refractivity contribution < 1.29 is 4.79 Å². The van der Waals surface area contributed by atoms with Gasteiger partial charge in [0.1, 0.15) is 0 Å². The van der Waals surface area contributed by atoms with Crippen molar-refractivity contribution in [3.05, 3.63) is 29.5 Å². The first-order chi connectivity index (χ1) is 5.95. The standard InChI is InChI=1S/C7HBr4ClO/c8-2-1-3(9)6(11)4(5(2)10)7(12)13/h1H. The van der Waals surface area contributed by atoms with Crippen LogP contribution in [0.5, 0.6) is 0 Å². The lowest BCUT2D eigenvalue weighted by Crippen LogP contribution is -1.94. The van der Waals surface area contributed by atoms with E-state index in [1.165, 1.54) is 0 Å². The fourth-order valence-electron chi connectivity index (χ4n) is 0.746. The summed E-state index contributed by atoms with van der Waals surface area (Å²) < 4.78 is 2.82. The van der Waals surface area contributed by atoms with E-state index in [-0.39, 0.29) is 0 Å². The molecule has 1 aromatic rings. The summed E-state index contributed by atoms with van der Waals surface area (Å²) in [7, 11) is 0. The molecule has 0 heterocycles. The van der Waals surface area contributed by atoms with Gasteiger partial charge < -0.3 is 0 Å².